The first-order valence-corrected chi connectivity index (χ1v) is 11.4. The number of aliphatic carboxylic acids is 1. The van der Waals surface area contributed by atoms with E-state index in [-0.39, 0.29) is 48.8 Å². The van der Waals surface area contributed by atoms with E-state index in [4.69, 9.17) is 14.5 Å². The normalized spacial score (nSPS) is 18.7. The van der Waals surface area contributed by atoms with E-state index in [0.717, 1.165) is 22.3 Å². The number of carbonyl (C=O) groups is 3. The van der Waals surface area contributed by atoms with E-state index in [9.17, 15) is 14.4 Å². The summed E-state index contributed by atoms with van der Waals surface area (Å²) in [5.74, 6) is -1.77. The van der Waals surface area contributed by atoms with Crippen LogP contribution >= 0.6 is 0 Å². The van der Waals surface area contributed by atoms with Crippen molar-refractivity contribution in [3.63, 3.8) is 0 Å². The van der Waals surface area contributed by atoms with Gasteiger partial charge in [-0.1, -0.05) is 55.5 Å². The third-order valence-corrected chi connectivity index (χ3v) is 6.75. The molecule has 1 aliphatic carbocycles. The van der Waals surface area contributed by atoms with Crippen LogP contribution in [0.5, 0.6) is 0 Å². The van der Waals surface area contributed by atoms with E-state index >= 15 is 0 Å². The molecule has 35 heavy (non-hydrogen) atoms. The molecule has 180 valence electrons. The van der Waals surface area contributed by atoms with Crippen LogP contribution in [0.25, 0.3) is 11.1 Å². The number of carbonyl (C=O) groups excluding carboxylic acids is 2. The molecule has 10 heteroatoms. The molecule has 0 saturated carbocycles. The minimum atomic E-state index is -0.906. The molecule has 2 aromatic carbocycles. The summed E-state index contributed by atoms with van der Waals surface area (Å²) in [5.41, 5.74) is 4.25. The minimum absolute atomic E-state index is 0.0210. The number of hydrogen-bond donors (Lipinski definition) is 2. The number of carboxylic acids is 1. The van der Waals surface area contributed by atoms with Gasteiger partial charge < -0.3 is 14.7 Å². The average molecular weight is 476 g/mol. The van der Waals surface area contributed by atoms with Crippen molar-refractivity contribution in [3.05, 3.63) is 65.4 Å². The highest BCUT2D eigenvalue weighted by atomic mass is 16.6. The Kier molecular flexibility index (Phi) is 5.94. The zero-order valence-corrected chi connectivity index (χ0v) is 19.0. The molecule has 5 rings (SSSR count). The maximum atomic E-state index is 13.0. The van der Waals surface area contributed by atoms with Crippen molar-refractivity contribution >= 4 is 23.8 Å². The Labute approximate surface area is 200 Å². The van der Waals surface area contributed by atoms with Gasteiger partial charge in [-0.3, -0.25) is 14.9 Å². The molecular formula is C25H24N4O6. The number of carboxylic acid groups (broad SMARTS) is 1. The first-order valence-electron chi connectivity index (χ1n) is 11.4. The van der Waals surface area contributed by atoms with Crippen molar-refractivity contribution in [3.8, 4) is 11.1 Å². The second kappa shape index (κ2) is 9.21. The van der Waals surface area contributed by atoms with Crippen LogP contribution in [-0.2, 0) is 9.53 Å². The van der Waals surface area contributed by atoms with E-state index in [2.05, 4.69) is 15.6 Å². The number of rotatable bonds is 6. The third kappa shape index (κ3) is 4.34. The van der Waals surface area contributed by atoms with Crippen LogP contribution in [0, 0.1) is 11.8 Å². The number of aromatic nitrogens is 2. The highest BCUT2D eigenvalue weighted by Gasteiger charge is 2.36. The Morgan fingerprint density at radius 3 is 2.37 bits per heavy atom. The summed E-state index contributed by atoms with van der Waals surface area (Å²) in [4.78, 5) is 38.1. The fourth-order valence-corrected chi connectivity index (χ4v) is 4.98. The summed E-state index contributed by atoms with van der Waals surface area (Å²) >= 11 is 0. The van der Waals surface area contributed by atoms with Crippen molar-refractivity contribution in [2.45, 2.75) is 19.3 Å². The summed E-state index contributed by atoms with van der Waals surface area (Å²) in [6.07, 6.45) is -0.803. The number of nitrogens with zero attached hydrogens (tertiary/aromatic N) is 3. The molecule has 3 aromatic rings. The predicted octanol–water partition coefficient (Wildman–Crippen LogP) is 3.61. The lowest BCUT2D eigenvalue weighted by molar-refractivity contribution is -0.138. The topological polar surface area (TPSA) is 135 Å². The number of benzene rings is 2. The van der Waals surface area contributed by atoms with E-state index < -0.39 is 18.0 Å². The molecule has 0 radical (unpaired) electrons. The summed E-state index contributed by atoms with van der Waals surface area (Å²) in [5, 5.41) is 18.8. The smallest absolute Gasteiger partial charge is 0.412 e. The van der Waals surface area contributed by atoms with Crippen LogP contribution in [0.1, 0.15) is 40.9 Å². The summed E-state index contributed by atoms with van der Waals surface area (Å²) in [6, 6.07) is 16.0. The predicted molar refractivity (Wildman–Crippen MR) is 124 cm³/mol. The van der Waals surface area contributed by atoms with Crippen LogP contribution in [0.15, 0.2) is 53.2 Å². The largest absolute Gasteiger partial charge is 0.481 e. The molecule has 0 spiro atoms. The first-order chi connectivity index (χ1) is 16.9. The average Bonchev–Trinajstić information content (AvgIpc) is 3.53. The maximum Gasteiger partial charge on any atom is 0.412 e. The Morgan fingerprint density at radius 1 is 1.06 bits per heavy atom. The van der Waals surface area contributed by atoms with Crippen molar-refractivity contribution in [1.29, 1.82) is 0 Å². The molecule has 0 bridgehead atoms. The van der Waals surface area contributed by atoms with Crippen LogP contribution in [0.3, 0.4) is 0 Å². The molecule has 2 amide bonds. The van der Waals surface area contributed by atoms with Crippen LogP contribution in [0.4, 0.5) is 10.6 Å². The molecule has 1 fully saturated rings. The molecule has 2 N–H and O–H groups in total. The molecular weight excluding hydrogens is 452 g/mol. The SMILES string of the molecule is C[C@@H]1CN(C(=O)c2nonc2NC(=O)OCC2c3ccccc3-c3ccccc32)C[C@H]1CC(=O)O. The standard InChI is InChI=1S/C25H24N4O6/c1-14-11-29(12-15(14)10-21(30)31)24(32)22-23(28-35-27-22)26-25(33)34-13-20-18-8-4-2-6-16(18)17-7-3-5-9-19(17)20/h2-9,14-15,20H,10-13H2,1H3,(H,30,31)(H,26,28,33)/t14-,15-/m1/s1. The maximum absolute atomic E-state index is 13.0. The van der Waals surface area contributed by atoms with Crippen LogP contribution in [0.2, 0.25) is 0 Å². The van der Waals surface area contributed by atoms with Gasteiger partial charge in [-0.05, 0) is 44.4 Å². The van der Waals surface area contributed by atoms with Gasteiger partial charge in [-0.15, -0.1) is 0 Å². The third-order valence-electron chi connectivity index (χ3n) is 6.75. The highest BCUT2D eigenvalue weighted by Crippen LogP contribution is 2.44. The second-order valence-electron chi connectivity index (χ2n) is 8.96. The van der Waals surface area contributed by atoms with Crippen molar-refractivity contribution in [1.82, 2.24) is 15.2 Å². The van der Waals surface area contributed by atoms with Crippen molar-refractivity contribution in [2.75, 3.05) is 25.0 Å². The summed E-state index contributed by atoms with van der Waals surface area (Å²) in [6.45, 7) is 2.67. The van der Waals surface area contributed by atoms with Crippen molar-refractivity contribution < 1.29 is 28.9 Å². The number of likely N-dealkylation sites (tertiary alicyclic amines) is 1. The molecule has 1 aromatic heterocycles. The number of anilines is 1. The molecule has 1 saturated heterocycles. The Bertz CT molecular complexity index is 1240. The molecule has 2 atom stereocenters. The van der Waals surface area contributed by atoms with E-state index in [0.29, 0.717) is 6.54 Å². The van der Waals surface area contributed by atoms with Crippen LogP contribution in [-0.4, -0.2) is 58.0 Å². The number of hydrogen-bond acceptors (Lipinski definition) is 7. The zero-order valence-electron chi connectivity index (χ0n) is 19.0. The van der Waals surface area contributed by atoms with E-state index in [1.54, 1.807) is 0 Å². The highest BCUT2D eigenvalue weighted by molar-refractivity contribution is 5.99. The van der Waals surface area contributed by atoms with Gasteiger partial charge in [0.25, 0.3) is 5.91 Å². The van der Waals surface area contributed by atoms with E-state index in [1.165, 1.54) is 4.90 Å². The lowest BCUT2D eigenvalue weighted by Crippen LogP contribution is -2.30. The van der Waals surface area contributed by atoms with Gasteiger partial charge in [0, 0.05) is 19.0 Å². The number of amides is 2. The summed E-state index contributed by atoms with van der Waals surface area (Å²) in [7, 11) is 0. The van der Waals surface area contributed by atoms with Gasteiger partial charge >= 0.3 is 12.1 Å². The Hall–Kier alpha value is -4.21. The number of ether oxygens (including phenoxy) is 1. The van der Waals surface area contributed by atoms with Gasteiger partial charge in [0.1, 0.15) is 6.61 Å². The fraction of sp³-hybridized carbons (Fsp3) is 0.320. The monoisotopic (exact) mass is 476 g/mol. The number of nitrogens with one attached hydrogen (secondary N) is 1. The second-order valence-corrected chi connectivity index (χ2v) is 8.96. The molecule has 2 heterocycles. The first kappa shape index (κ1) is 22.6. The van der Waals surface area contributed by atoms with Gasteiger partial charge in [0.2, 0.25) is 11.5 Å². The molecule has 0 unspecified atom stereocenters. The molecule has 1 aliphatic heterocycles. The lowest BCUT2D eigenvalue weighted by Gasteiger charge is -2.15. The minimum Gasteiger partial charge on any atom is -0.481 e. The lowest BCUT2D eigenvalue weighted by atomic mass is 9.95. The van der Waals surface area contributed by atoms with Crippen molar-refractivity contribution in [2.24, 2.45) is 11.8 Å². The van der Waals surface area contributed by atoms with Gasteiger partial charge in [0.05, 0.1) is 6.42 Å². The zero-order chi connectivity index (χ0) is 24.5. The Morgan fingerprint density at radius 2 is 1.71 bits per heavy atom. The number of fused-ring (bicyclic) bond motifs is 3. The van der Waals surface area contributed by atoms with Gasteiger partial charge in [-0.2, -0.15) is 0 Å². The van der Waals surface area contributed by atoms with Gasteiger partial charge in [-0.25, -0.2) is 9.42 Å². The summed E-state index contributed by atoms with van der Waals surface area (Å²) < 4.78 is 10.2. The quantitative estimate of drug-likeness (QED) is 0.551. The van der Waals surface area contributed by atoms with Crippen LogP contribution < -0.4 is 5.32 Å². The fourth-order valence-electron chi connectivity index (χ4n) is 4.98. The Balaban J connectivity index is 1.24. The molecule has 10 nitrogen and oxygen atoms in total. The van der Waals surface area contributed by atoms with E-state index in [1.807, 2.05) is 55.5 Å². The van der Waals surface area contributed by atoms with Gasteiger partial charge in [0.15, 0.2) is 0 Å². The molecule has 2 aliphatic rings.